The van der Waals surface area contributed by atoms with Crippen LogP contribution in [0.15, 0.2) is 30.3 Å². The van der Waals surface area contributed by atoms with Crippen LogP contribution in [0.5, 0.6) is 0 Å². The summed E-state index contributed by atoms with van der Waals surface area (Å²) in [6.07, 6.45) is 4.86. The summed E-state index contributed by atoms with van der Waals surface area (Å²) in [5.74, 6) is 0.321. The van der Waals surface area contributed by atoms with Gasteiger partial charge in [0.15, 0.2) is 0 Å². The van der Waals surface area contributed by atoms with E-state index < -0.39 is 5.60 Å². The molecule has 1 aromatic carbocycles. The second-order valence-electron chi connectivity index (χ2n) is 8.24. The lowest BCUT2D eigenvalue weighted by molar-refractivity contribution is -0.0992. The summed E-state index contributed by atoms with van der Waals surface area (Å²) in [5, 5.41) is 10.5. The van der Waals surface area contributed by atoms with Crippen molar-refractivity contribution < 1.29 is 9.84 Å². The van der Waals surface area contributed by atoms with E-state index in [4.69, 9.17) is 4.74 Å². The van der Waals surface area contributed by atoms with Crippen molar-refractivity contribution in [1.82, 2.24) is 4.90 Å². The molecular weight excluding hydrogens is 286 g/mol. The molecule has 3 heteroatoms. The van der Waals surface area contributed by atoms with Gasteiger partial charge in [-0.1, -0.05) is 36.8 Å². The molecule has 3 nitrogen and oxygen atoms in total. The number of fused-ring (bicyclic) bond motifs is 1. The first kappa shape index (κ1) is 16.9. The average molecular weight is 317 g/mol. The smallest absolute Gasteiger partial charge is 0.0717 e. The summed E-state index contributed by atoms with van der Waals surface area (Å²) in [4.78, 5) is 2.48. The normalized spacial score (nSPS) is 32.0. The third kappa shape index (κ3) is 3.62. The van der Waals surface area contributed by atoms with Crippen molar-refractivity contribution in [3.05, 3.63) is 35.9 Å². The van der Waals surface area contributed by atoms with Crippen molar-refractivity contribution in [2.24, 2.45) is 11.3 Å². The first-order valence-electron chi connectivity index (χ1n) is 8.95. The largest absolute Gasteiger partial charge is 0.390 e. The van der Waals surface area contributed by atoms with Crippen molar-refractivity contribution >= 4 is 0 Å². The van der Waals surface area contributed by atoms with E-state index in [-0.39, 0.29) is 5.41 Å². The molecule has 0 bridgehead atoms. The molecule has 1 aliphatic heterocycles. The number of hydrogen-bond acceptors (Lipinski definition) is 3. The SMILES string of the molecule is CN1CC(C(C)(C)O)C[C@@]2(COCc3ccccc3)CCC[C@@H]12. The number of rotatable bonds is 5. The van der Waals surface area contributed by atoms with Crippen molar-refractivity contribution in [3.8, 4) is 0 Å². The Morgan fingerprint density at radius 3 is 2.74 bits per heavy atom. The van der Waals surface area contributed by atoms with Gasteiger partial charge in [-0.2, -0.15) is 0 Å². The molecule has 0 spiro atoms. The molecule has 128 valence electrons. The van der Waals surface area contributed by atoms with E-state index in [1.165, 1.54) is 24.8 Å². The summed E-state index contributed by atoms with van der Waals surface area (Å²) < 4.78 is 6.16. The number of likely N-dealkylation sites (tertiary alicyclic amines) is 1. The monoisotopic (exact) mass is 317 g/mol. The predicted octanol–water partition coefficient (Wildman–Crippen LogP) is 3.46. The van der Waals surface area contributed by atoms with Crippen molar-refractivity contribution in [3.63, 3.8) is 0 Å². The highest BCUT2D eigenvalue weighted by atomic mass is 16.5. The first-order valence-corrected chi connectivity index (χ1v) is 8.95. The Kier molecular flexibility index (Phi) is 4.82. The van der Waals surface area contributed by atoms with Crippen LogP contribution in [0.1, 0.15) is 45.1 Å². The highest BCUT2D eigenvalue weighted by Crippen LogP contribution is 2.50. The Bertz CT molecular complexity index is 510. The summed E-state index contributed by atoms with van der Waals surface area (Å²) in [6, 6.07) is 11.0. The van der Waals surface area contributed by atoms with E-state index >= 15 is 0 Å². The number of aliphatic hydroxyl groups is 1. The van der Waals surface area contributed by atoms with E-state index in [0.29, 0.717) is 18.6 Å². The fourth-order valence-electron chi connectivity index (χ4n) is 4.72. The van der Waals surface area contributed by atoms with Crippen molar-refractivity contribution in [2.75, 3.05) is 20.2 Å². The lowest BCUT2D eigenvalue weighted by atomic mass is 9.68. The molecule has 1 saturated heterocycles. The number of ether oxygens (including phenoxy) is 1. The molecule has 0 radical (unpaired) electrons. The van der Waals surface area contributed by atoms with Gasteiger partial charge < -0.3 is 14.7 Å². The molecule has 1 saturated carbocycles. The molecule has 1 unspecified atom stereocenters. The van der Waals surface area contributed by atoms with Gasteiger partial charge in [-0.05, 0) is 45.7 Å². The molecule has 2 fully saturated rings. The van der Waals surface area contributed by atoms with E-state index in [1.807, 2.05) is 19.9 Å². The topological polar surface area (TPSA) is 32.7 Å². The van der Waals surface area contributed by atoms with Gasteiger partial charge in [0.05, 0.1) is 18.8 Å². The highest BCUT2D eigenvalue weighted by molar-refractivity contribution is 5.13. The minimum atomic E-state index is -0.617. The third-order valence-electron chi connectivity index (χ3n) is 6.05. The lowest BCUT2D eigenvalue weighted by Gasteiger charge is -2.51. The maximum Gasteiger partial charge on any atom is 0.0717 e. The Labute approximate surface area is 140 Å². The number of piperidine rings is 1. The first-order chi connectivity index (χ1) is 10.9. The van der Waals surface area contributed by atoms with Crippen LogP contribution < -0.4 is 0 Å². The van der Waals surface area contributed by atoms with E-state index in [0.717, 1.165) is 19.6 Å². The average Bonchev–Trinajstić information content (AvgIpc) is 2.92. The van der Waals surface area contributed by atoms with Gasteiger partial charge in [0.1, 0.15) is 0 Å². The zero-order valence-electron chi connectivity index (χ0n) is 14.8. The van der Waals surface area contributed by atoms with Crippen molar-refractivity contribution in [1.29, 1.82) is 0 Å². The molecule has 1 N–H and O–H groups in total. The molecule has 1 aromatic rings. The van der Waals surface area contributed by atoms with Gasteiger partial charge >= 0.3 is 0 Å². The van der Waals surface area contributed by atoms with Crippen LogP contribution in [0.25, 0.3) is 0 Å². The Morgan fingerprint density at radius 2 is 2.04 bits per heavy atom. The van der Waals surface area contributed by atoms with Crippen molar-refractivity contribution in [2.45, 2.75) is 57.8 Å². The Balaban J connectivity index is 1.68. The van der Waals surface area contributed by atoms with Crippen LogP contribution in [0.4, 0.5) is 0 Å². The summed E-state index contributed by atoms with van der Waals surface area (Å²) >= 11 is 0. The number of benzene rings is 1. The van der Waals surface area contributed by atoms with E-state index in [1.54, 1.807) is 0 Å². The molecule has 0 aromatic heterocycles. The lowest BCUT2D eigenvalue weighted by Crippen LogP contribution is -2.56. The van der Waals surface area contributed by atoms with Gasteiger partial charge in [-0.15, -0.1) is 0 Å². The summed E-state index contributed by atoms with van der Waals surface area (Å²) in [7, 11) is 2.22. The highest BCUT2D eigenvalue weighted by Gasteiger charge is 2.51. The van der Waals surface area contributed by atoms with Crippen LogP contribution in [0.3, 0.4) is 0 Å². The fourth-order valence-corrected chi connectivity index (χ4v) is 4.72. The standard InChI is InChI=1S/C20H31NO2/c1-19(2,22)17-12-20(11-7-10-18(20)21(3)13-17)15-23-14-16-8-5-4-6-9-16/h4-6,8-9,17-18,22H,7,10-15H2,1-3H3/t17?,18-,20-/m1/s1. The quantitative estimate of drug-likeness (QED) is 0.902. The molecular formula is C20H31NO2. The third-order valence-corrected chi connectivity index (χ3v) is 6.05. The molecule has 1 aliphatic carbocycles. The van der Waals surface area contributed by atoms with Gasteiger partial charge in [-0.3, -0.25) is 0 Å². The van der Waals surface area contributed by atoms with Gasteiger partial charge in [0.2, 0.25) is 0 Å². The van der Waals surface area contributed by atoms with Gasteiger partial charge in [-0.25, -0.2) is 0 Å². The minimum Gasteiger partial charge on any atom is -0.390 e. The maximum absolute atomic E-state index is 10.5. The second-order valence-corrected chi connectivity index (χ2v) is 8.24. The summed E-state index contributed by atoms with van der Waals surface area (Å²) in [5.41, 5.74) is 0.836. The zero-order chi connectivity index (χ0) is 16.5. The fraction of sp³-hybridized carbons (Fsp3) is 0.700. The van der Waals surface area contributed by atoms with Gasteiger partial charge in [0, 0.05) is 23.9 Å². The molecule has 3 atom stereocenters. The molecule has 2 aliphatic rings. The predicted molar refractivity (Wildman–Crippen MR) is 93.2 cm³/mol. The number of hydrogen-bond donors (Lipinski definition) is 1. The van der Waals surface area contributed by atoms with Crippen LogP contribution in [0, 0.1) is 11.3 Å². The Morgan fingerprint density at radius 1 is 1.30 bits per heavy atom. The second kappa shape index (κ2) is 6.54. The van der Waals surface area contributed by atoms with Crippen LogP contribution in [-0.2, 0) is 11.3 Å². The Hall–Kier alpha value is -0.900. The van der Waals surface area contributed by atoms with Crippen LogP contribution in [-0.4, -0.2) is 41.8 Å². The van der Waals surface area contributed by atoms with Gasteiger partial charge in [0.25, 0.3) is 0 Å². The zero-order valence-corrected chi connectivity index (χ0v) is 14.8. The van der Waals surface area contributed by atoms with E-state index in [2.05, 4.69) is 36.2 Å². The number of nitrogens with zero attached hydrogens (tertiary/aromatic N) is 1. The molecule has 1 heterocycles. The molecule has 0 amide bonds. The maximum atomic E-state index is 10.5. The van der Waals surface area contributed by atoms with Crippen LogP contribution in [0.2, 0.25) is 0 Å². The molecule has 23 heavy (non-hydrogen) atoms. The van der Waals surface area contributed by atoms with Crippen LogP contribution >= 0.6 is 0 Å². The minimum absolute atomic E-state index is 0.215. The van der Waals surface area contributed by atoms with E-state index in [9.17, 15) is 5.11 Å². The summed E-state index contributed by atoms with van der Waals surface area (Å²) in [6.45, 7) is 6.41. The molecule has 3 rings (SSSR count).